The Balaban J connectivity index is 2.54. The van der Waals surface area contributed by atoms with Crippen LogP contribution in [0.15, 0.2) is 30.5 Å². The molecule has 2 aromatic rings. The van der Waals surface area contributed by atoms with Crippen molar-refractivity contribution in [1.82, 2.24) is 4.57 Å². The quantitative estimate of drug-likeness (QED) is 0.816. The second-order valence-electron chi connectivity index (χ2n) is 3.28. The molecule has 0 aliphatic carbocycles. The minimum atomic E-state index is -3.96. The summed E-state index contributed by atoms with van der Waals surface area (Å²) in [6.45, 7) is 0. The summed E-state index contributed by atoms with van der Waals surface area (Å²) in [6.07, 6.45) is 1.60. The molecule has 0 bridgehead atoms. The average molecular weight is 241 g/mol. The highest BCUT2D eigenvalue weighted by Gasteiger charge is 2.15. The average Bonchev–Trinajstić information content (AvgIpc) is 2.56. The van der Waals surface area contributed by atoms with Crippen LogP contribution in [-0.2, 0) is 21.6 Å². The number of benzene rings is 1. The Hall–Kier alpha value is -1.53. The van der Waals surface area contributed by atoms with Crippen LogP contribution < -0.4 is 4.18 Å². The van der Waals surface area contributed by atoms with Crippen LogP contribution >= 0.6 is 0 Å². The van der Waals surface area contributed by atoms with Crippen LogP contribution in [0.5, 0.6) is 5.75 Å². The van der Waals surface area contributed by atoms with Gasteiger partial charge in [0.25, 0.3) is 0 Å². The largest absolute Gasteiger partial charge is 0.448 e. The molecule has 0 amide bonds. The summed E-state index contributed by atoms with van der Waals surface area (Å²) in [5.41, 5.74) is 0.892. The van der Waals surface area contributed by atoms with Gasteiger partial charge in [0.2, 0.25) is 0 Å². The van der Waals surface area contributed by atoms with Crippen LogP contribution in [-0.4, -0.2) is 20.1 Å². The zero-order chi connectivity index (χ0) is 11.8. The number of hydrogen-bond donors (Lipinski definition) is 0. The lowest BCUT2D eigenvalue weighted by atomic mass is 10.2. The highest BCUT2D eigenvalue weighted by molar-refractivity contribution is 7.82. The molecule has 2 rings (SSSR count). The van der Waals surface area contributed by atoms with Crippen LogP contribution in [0.3, 0.4) is 0 Å². The fourth-order valence-corrected chi connectivity index (χ4v) is 1.94. The number of para-hydroxylation sites is 1. The van der Waals surface area contributed by atoms with E-state index in [9.17, 15) is 8.42 Å². The van der Waals surface area contributed by atoms with Crippen LogP contribution in [0.4, 0.5) is 0 Å². The Bertz CT molecular complexity index is 615. The van der Waals surface area contributed by atoms with Gasteiger partial charge in [0.05, 0.1) is 12.6 Å². The van der Waals surface area contributed by atoms with Gasteiger partial charge < -0.3 is 8.75 Å². The van der Waals surface area contributed by atoms with Gasteiger partial charge in [-0.05, 0) is 12.1 Å². The Labute approximate surface area is 93.5 Å². The molecule has 0 unspecified atom stereocenters. The van der Waals surface area contributed by atoms with Crippen molar-refractivity contribution in [3.8, 4) is 5.75 Å². The second-order valence-corrected chi connectivity index (χ2v) is 4.60. The minimum Gasteiger partial charge on any atom is -0.359 e. The van der Waals surface area contributed by atoms with E-state index in [0.717, 1.165) is 18.0 Å². The van der Waals surface area contributed by atoms with Gasteiger partial charge in [-0.25, -0.2) is 4.18 Å². The smallest absolute Gasteiger partial charge is 0.359 e. The lowest BCUT2D eigenvalue weighted by Gasteiger charge is -2.01. The molecule has 1 heterocycles. The fourth-order valence-electron chi connectivity index (χ4n) is 1.51. The topological polar surface area (TPSA) is 57.5 Å². The zero-order valence-corrected chi connectivity index (χ0v) is 9.69. The third-order valence-electron chi connectivity index (χ3n) is 2.26. The fraction of sp³-hybridized carbons (Fsp3) is 0.200. The predicted molar refractivity (Wildman–Crippen MR) is 59.5 cm³/mol. The lowest BCUT2D eigenvalue weighted by Crippen LogP contribution is -2.10. The van der Waals surface area contributed by atoms with Gasteiger partial charge in [-0.3, -0.25) is 0 Å². The molecular formula is C10H11NO4S. The van der Waals surface area contributed by atoms with Crippen molar-refractivity contribution >= 4 is 21.3 Å². The van der Waals surface area contributed by atoms with Crippen LogP contribution in [0.25, 0.3) is 10.9 Å². The van der Waals surface area contributed by atoms with E-state index in [1.807, 2.05) is 25.2 Å². The first-order valence-corrected chi connectivity index (χ1v) is 5.91. The molecule has 0 fully saturated rings. The third-order valence-corrected chi connectivity index (χ3v) is 3.05. The molecule has 0 saturated carbocycles. The molecule has 5 nitrogen and oxygen atoms in total. The molecule has 16 heavy (non-hydrogen) atoms. The minimum absolute atomic E-state index is 0.264. The first kappa shape index (κ1) is 11.0. The van der Waals surface area contributed by atoms with E-state index >= 15 is 0 Å². The van der Waals surface area contributed by atoms with Crippen molar-refractivity contribution < 1.29 is 16.8 Å². The molecule has 86 valence electrons. The number of hydrogen-bond acceptors (Lipinski definition) is 4. The van der Waals surface area contributed by atoms with Crippen LogP contribution in [0.1, 0.15) is 0 Å². The predicted octanol–water partition coefficient (Wildman–Crippen LogP) is 1.45. The molecule has 1 aromatic heterocycles. The molecule has 0 radical (unpaired) electrons. The maximum absolute atomic E-state index is 11.2. The standard InChI is InChI=1S/C10H11NO4S/c1-11-7-10(15-16(12,13)14-2)8-5-3-4-6-9(8)11/h3-7H,1-2H3. The Morgan fingerprint density at radius 1 is 1.25 bits per heavy atom. The third kappa shape index (κ3) is 1.89. The van der Waals surface area contributed by atoms with Gasteiger partial charge in [-0.2, -0.15) is 8.42 Å². The van der Waals surface area contributed by atoms with Crippen molar-refractivity contribution in [2.45, 2.75) is 0 Å². The highest BCUT2D eigenvalue weighted by Crippen LogP contribution is 2.28. The van der Waals surface area contributed by atoms with Crippen molar-refractivity contribution in [1.29, 1.82) is 0 Å². The number of fused-ring (bicyclic) bond motifs is 1. The molecule has 6 heteroatoms. The van der Waals surface area contributed by atoms with E-state index in [1.54, 1.807) is 16.8 Å². The zero-order valence-electron chi connectivity index (χ0n) is 8.88. The van der Waals surface area contributed by atoms with E-state index in [2.05, 4.69) is 4.18 Å². The van der Waals surface area contributed by atoms with E-state index in [1.165, 1.54) is 0 Å². The summed E-state index contributed by atoms with van der Waals surface area (Å²) < 4.78 is 33.2. The summed E-state index contributed by atoms with van der Waals surface area (Å²) in [5.74, 6) is 0.264. The molecule has 0 aliphatic heterocycles. The van der Waals surface area contributed by atoms with Crippen LogP contribution in [0, 0.1) is 0 Å². The molecule has 0 atom stereocenters. The SMILES string of the molecule is COS(=O)(=O)Oc1cn(C)c2ccccc12. The van der Waals surface area contributed by atoms with Gasteiger partial charge in [0.1, 0.15) is 0 Å². The number of aryl methyl sites for hydroxylation is 1. The normalized spacial score (nSPS) is 11.9. The van der Waals surface area contributed by atoms with Crippen molar-refractivity contribution in [2.75, 3.05) is 7.11 Å². The Morgan fingerprint density at radius 3 is 2.62 bits per heavy atom. The van der Waals surface area contributed by atoms with Gasteiger partial charge >= 0.3 is 10.4 Å². The van der Waals surface area contributed by atoms with E-state index < -0.39 is 10.4 Å². The molecule has 0 saturated heterocycles. The summed E-state index contributed by atoms with van der Waals surface area (Å²) in [4.78, 5) is 0. The Kier molecular flexibility index (Phi) is 2.61. The molecule has 0 aliphatic rings. The van der Waals surface area contributed by atoms with E-state index in [-0.39, 0.29) is 5.75 Å². The van der Waals surface area contributed by atoms with Crippen molar-refractivity contribution in [3.05, 3.63) is 30.5 Å². The summed E-state index contributed by atoms with van der Waals surface area (Å²) in [5, 5.41) is 0.727. The molecule has 1 aromatic carbocycles. The van der Waals surface area contributed by atoms with Crippen LogP contribution in [0.2, 0.25) is 0 Å². The maximum atomic E-state index is 11.2. The molecular weight excluding hydrogens is 230 g/mol. The first-order chi connectivity index (χ1) is 7.53. The van der Waals surface area contributed by atoms with E-state index in [4.69, 9.17) is 4.18 Å². The lowest BCUT2D eigenvalue weighted by molar-refractivity contribution is 0.331. The Morgan fingerprint density at radius 2 is 1.94 bits per heavy atom. The van der Waals surface area contributed by atoms with Crippen molar-refractivity contribution in [3.63, 3.8) is 0 Å². The number of aromatic nitrogens is 1. The summed E-state index contributed by atoms with van der Waals surface area (Å²) in [7, 11) is -1.09. The second kappa shape index (κ2) is 3.80. The van der Waals surface area contributed by atoms with Gasteiger partial charge in [-0.15, -0.1) is 0 Å². The molecule has 0 N–H and O–H groups in total. The number of nitrogens with zero attached hydrogens (tertiary/aromatic N) is 1. The monoisotopic (exact) mass is 241 g/mol. The maximum Gasteiger partial charge on any atom is 0.448 e. The van der Waals surface area contributed by atoms with Gasteiger partial charge in [-0.1, -0.05) is 12.1 Å². The molecule has 0 spiro atoms. The highest BCUT2D eigenvalue weighted by atomic mass is 32.3. The summed E-state index contributed by atoms with van der Waals surface area (Å²) >= 11 is 0. The van der Waals surface area contributed by atoms with Crippen molar-refractivity contribution in [2.24, 2.45) is 7.05 Å². The number of rotatable bonds is 3. The summed E-state index contributed by atoms with van der Waals surface area (Å²) in [6, 6.07) is 7.35. The van der Waals surface area contributed by atoms with Gasteiger partial charge in [0.15, 0.2) is 5.75 Å². The van der Waals surface area contributed by atoms with Gasteiger partial charge in [0, 0.05) is 18.6 Å². The first-order valence-electron chi connectivity index (χ1n) is 4.57. The van der Waals surface area contributed by atoms with E-state index in [0.29, 0.717) is 0 Å².